The number of carbonyl (C=O) groups is 1. The van der Waals surface area contributed by atoms with Gasteiger partial charge >= 0.3 is 5.97 Å². The fourth-order valence-corrected chi connectivity index (χ4v) is 2.12. The van der Waals surface area contributed by atoms with Crippen molar-refractivity contribution >= 4 is 16.7 Å². The average Bonchev–Trinajstić information content (AvgIpc) is 2.45. The second kappa shape index (κ2) is 6.69. The van der Waals surface area contributed by atoms with Crippen LogP contribution in [0.3, 0.4) is 0 Å². The molecule has 0 aliphatic carbocycles. The number of hydrogen-bond donors (Lipinski definition) is 1. The van der Waals surface area contributed by atoms with Crippen LogP contribution in [0.4, 0.5) is 0 Å². The van der Waals surface area contributed by atoms with Crippen LogP contribution in [0.25, 0.3) is 10.8 Å². The van der Waals surface area contributed by atoms with Crippen molar-refractivity contribution < 1.29 is 19.6 Å². The molecule has 2 rings (SSSR count). The van der Waals surface area contributed by atoms with Gasteiger partial charge in [0.15, 0.2) is 0 Å². The van der Waals surface area contributed by atoms with Gasteiger partial charge in [-0.05, 0) is 23.3 Å². The summed E-state index contributed by atoms with van der Waals surface area (Å²) in [5.74, 6) is -0.755. The van der Waals surface area contributed by atoms with Crippen LogP contribution >= 0.6 is 0 Å². The lowest BCUT2D eigenvalue weighted by atomic mass is 10.0. The molecule has 0 bridgehead atoms. The number of ether oxygens (including phenoxy) is 1. The van der Waals surface area contributed by atoms with Gasteiger partial charge in [-0.25, -0.2) is 4.79 Å². The third-order valence-corrected chi connectivity index (χ3v) is 3.10. The number of aromatic carboxylic acids is 1. The van der Waals surface area contributed by atoms with E-state index in [-0.39, 0.29) is 23.6 Å². The van der Waals surface area contributed by atoms with Gasteiger partial charge in [-0.3, -0.25) is 10.1 Å². The second-order valence-corrected chi connectivity index (χ2v) is 4.58. The van der Waals surface area contributed by atoms with Gasteiger partial charge in [0.2, 0.25) is 6.54 Å². The van der Waals surface area contributed by atoms with Crippen LogP contribution in [0.2, 0.25) is 0 Å². The summed E-state index contributed by atoms with van der Waals surface area (Å²) in [5.41, 5.74) is 0.127. The van der Waals surface area contributed by atoms with Crippen molar-refractivity contribution in [3.05, 3.63) is 52.1 Å². The Balaban J connectivity index is 2.14. The van der Waals surface area contributed by atoms with E-state index < -0.39 is 5.97 Å². The van der Waals surface area contributed by atoms with Gasteiger partial charge in [-0.2, -0.15) is 0 Å². The molecule has 0 heterocycles. The number of fused-ring (bicyclic) bond motifs is 1. The molecule has 0 unspecified atom stereocenters. The fraction of sp³-hybridized carbons (Fsp3) is 0.267. The lowest BCUT2D eigenvalue weighted by Gasteiger charge is -2.11. The standard InChI is InChI=1S/C15H15NO5/c17-15(18)14-12-6-2-1-5-11(12)7-8-13(14)21-10-4-3-9-16(19)20/h1-2,5-8H,3-4,9-10H2,(H,17,18). The molecule has 0 fully saturated rings. The molecule has 1 N–H and O–H groups in total. The van der Waals surface area contributed by atoms with E-state index in [0.29, 0.717) is 24.0 Å². The first-order valence-corrected chi connectivity index (χ1v) is 6.59. The summed E-state index contributed by atoms with van der Waals surface area (Å²) < 4.78 is 5.48. The highest BCUT2D eigenvalue weighted by Gasteiger charge is 2.15. The summed E-state index contributed by atoms with van der Waals surface area (Å²) in [5, 5.41) is 21.0. The summed E-state index contributed by atoms with van der Waals surface area (Å²) >= 11 is 0. The number of hydrogen-bond acceptors (Lipinski definition) is 4. The molecule has 0 atom stereocenters. The third kappa shape index (κ3) is 3.68. The van der Waals surface area contributed by atoms with Crippen molar-refractivity contribution in [3.8, 4) is 5.75 Å². The summed E-state index contributed by atoms with van der Waals surface area (Å²) in [7, 11) is 0. The number of carboxylic acids is 1. The van der Waals surface area contributed by atoms with Crippen molar-refractivity contribution in [3.63, 3.8) is 0 Å². The van der Waals surface area contributed by atoms with Crippen molar-refractivity contribution in [1.29, 1.82) is 0 Å². The van der Waals surface area contributed by atoms with E-state index in [2.05, 4.69) is 0 Å². The Morgan fingerprint density at radius 3 is 2.67 bits per heavy atom. The zero-order valence-electron chi connectivity index (χ0n) is 11.3. The van der Waals surface area contributed by atoms with Crippen LogP contribution < -0.4 is 4.74 Å². The quantitative estimate of drug-likeness (QED) is 0.481. The Morgan fingerprint density at radius 2 is 1.95 bits per heavy atom. The first kappa shape index (κ1) is 14.8. The van der Waals surface area contributed by atoms with E-state index in [1.165, 1.54) is 0 Å². The summed E-state index contributed by atoms with van der Waals surface area (Å²) in [4.78, 5) is 21.3. The first-order chi connectivity index (χ1) is 10.1. The Labute approximate surface area is 121 Å². The van der Waals surface area contributed by atoms with Crippen LogP contribution in [0.5, 0.6) is 5.75 Å². The zero-order chi connectivity index (χ0) is 15.2. The van der Waals surface area contributed by atoms with Gasteiger partial charge in [-0.15, -0.1) is 0 Å². The topological polar surface area (TPSA) is 89.7 Å². The van der Waals surface area contributed by atoms with E-state index in [9.17, 15) is 20.0 Å². The van der Waals surface area contributed by atoms with Crippen molar-refractivity contribution in [2.45, 2.75) is 12.8 Å². The van der Waals surface area contributed by atoms with Crippen LogP contribution in [0, 0.1) is 10.1 Å². The van der Waals surface area contributed by atoms with Gasteiger partial charge in [-0.1, -0.05) is 30.3 Å². The second-order valence-electron chi connectivity index (χ2n) is 4.58. The minimum atomic E-state index is -1.05. The van der Waals surface area contributed by atoms with Crippen molar-refractivity contribution in [1.82, 2.24) is 0 Å². The Morgan fingerprint density at radius 1 is 1.19 bits per heavy atom. The number of benzene rings is 2. The largest absolute Gasteiger partial charge is 0.493 e. The normalized spacial score (nSPS) is 10.5. The maximum absolute atomic E-state index is 11.4. The van der Waals surface area contributed by atoms with E-state index in [4.69, 9.17) is 4.74 Å². The number of carboxylic acid groups (broad SMARTS) is 1. The highest BCUT2D eigenvalue weighted by Crippen LogP contribution is 2.28. The maximum atomic E-state index is 11.4. The SMILES string of the molecule is O=C(O)c1c(OCCCC[N+](=O)[O-])ccc2ccccc12. The van der Waals surface area contributed by atoms with Gasteiger partial charge in [0.25, 0.3) is 0 Å². The predicted octanol–water partition coefficient (Wildman–Crippen LogP) is 2.97. The van der Waals surface area contributed by atoms with Crippen molar-refractivity contribution in [2.75, 3.05) is 13.2 Å². The highest BCUT2D eigenvalue weighted by atomic mass is 16.6. The molecule has 0 saturated carbocycles. The fourth-order valence-electron chi connectivity index (χ4n) is 2.12. The van der Waals surface area contributed by atoms with E-state index in [1.807, 2.05) is 12.1 Å². The molecule has 0 aliphatic heterocycles. The molecule has 21 heavy (non-hydrogen) atoms. The molecular weight excluding hydrogens is 274 g/mol. The van der Waals surface area contributed by atoms with Crippen LogP contribution in [-0.4, -0.2) is 29.2 Å². The Bertz CT molecular complexity index is 668. The first-order valence-electron chi connectivity index (χ1n) is 6.59. The van der Waals surface area contributed by atoms with Gasteiger partial charge in [0.05, 0.1) is 6.61 Å². The third-order valence-electron chi connectivity index (χ3n) is 3.10. The minimum absolute atomic E-state index is 0.104. The van der Waals surface area contributed by atoms with Gasteiger partial charge in [0, 0.05) is 11.3 Å². The van der Waals surface area contributed by atoms with Crippen LogP contribution in [0.15, 0.2) is 36.4 Å². The molecule has 0 amide bonds. The molecule has 2 aromatic rings. The smallest absolute Gasteiger partial charge is 0.340 e. The molecule has 2 aromatic carbocycles. The minimum Gasteiger partial charge on any atom is -0.493 e. The van der Waals surface area contributed by atoms with E-state index >= 15 is 0 Å². The molecule has 0 aromatic heterocycles. The molecule has 0 aliphatic rings. The molecular formula is C15H15NO5. The lowest BCUT2D eigenvalue weighted by Crippen LogP contribution is -2.07. The van der Waals surface area contributed by atoms with Crippen LogP contribution in [-0.2, 0) is 0 Å². The number of nitrogens with zero attached hydrogens (tertiary/aromatic N) is 1. The monoisotopic (exact) mass is 289 g/mol. The van der Waals surface area contributed by atoms with Crippen LogP contribution in [0.1, 0.15) is 23.2 Å². The van der Waals surface area contributed by atoms with E-state index in [0.717, 1.165) is 5.39 Å². The Hall–Kier alpha value is -2.63. The molecule has 0 radical (unpaired) electrons. The van der Waals surface area contributed by atoms with Gasteiger partial charge in [0.1, 0.15) is 11.3 Å². The molecule has 0 saturated heterocycles. The maximum Gasteiger partial charge on any atom is 0.340 e. The molecule has 110 valence electrons. The molecule has 6 nitrogen and oxygen atoms in total. The van der Waals surface area contributed by atoms with Crippen molar-refractivity contribution in [2.24, 2.45) is 0 Å². The zero-order valence-corrected chi connectivity index (χ0v) is 11.3. The number of nitro groups is 1. The predicted molar refractivity (Wildman–Crippen MR) is 77.5 cm³/mol. The number of rotatable bonds is 7. The summed E-state index contributed by atoms with van der Waals surface area (Å²) in [6.45, 7) is 0.152. The number of unbranched alkanes of at least 4 members (excludes halogenated alkanes) is 1. The Kier molecular flexibility index (Phi) is 4.71. The average molecular weight is 289 g/mol. The summed E-state index contributed by atoms with van der Waals surface area (Å²) in [6, 6.07) is 10.6. The summed E-state index contributed by atoms with van der Waals surface area (Å²) in [6.07, 6.45) is 0.913. The van der Waals surface area contributed by atoms with E-state index in [1.54, 1.807) is 24.3 Å². The van der Waals surface area contributed by atoms with Gasteiger partial charge < -0.3 is 9.84 Å². The highest BCUT2D eigenvalue weighted by molar-refractivity contribution is 6.06. The molecule has 6 heteroatoms. The lowest BCUT2D eigenvalue weighted by molar-refractivity contribution is -0.480. The molecule has 0 spiro atoms.